The van der Waals surface area contributed by atoms with Gasteiger partial charge in [0.05, 0.1) is 0 Å². The smallest absolute Gasteiger partial charge is 0.0255 e. The minimum atomic E-state index is 0.991. The molecule has 0 nitrogen and oxygen atoms in total. The summed E-state index contributed by atoms with van der Waals surface area (Å²) in [7, 11) is 0. The van der Waals surface area contributed by atoms with Gasteiger partial charge in [-0.1, -0.05) is 71.2 Å². The lowest BCUT2D eigenvalue weighted by Crippen LogP contribution is -1.80. The third-order valence-corrected chi connectivity index (χ3v) is 4.63. The summed E-state index contributed by atoms with van der Waals surface area (Å²) in [6.45, 7) is 4.19. The molecule has 0 saturated heterocycles. The van der Waals surface area contributed by atoms with Gasteiger partial charge >= 0.3 is 0 Å². The highest BCUT2D eigenvalue weighted by Crippen LogP contribution is 2.17. The minimum absolute atomic E-state index is 0.991. The molecule has 0 aliphatic heterocycles. The van der Waals surface area contributed by atoms with Crippen molar-refractivity contribution in [3.8, 4) is 23.7 Å². The third-order valence-electron chi connectivity index (χ3n) is 4.63. The van der Waals surface area contributed by atoms with Crippen LogP contribution in [0.25, 0.3) is 10.8 Å². The number of rotatable bonds is 0. The molecule has 0 bridgehead atoms. The summed E-state index contributed by atoms with van der Waals surface area (Å²) in [5, 5.41) is 2.47. The first kappa shape index (κ1) is 17.7. The van der Waals surface area contributed by atoms with Crippen molar-refractivity contribution < 1.29 is 0 Å². The number of hydrogen-bond acceptors (Lipinski definition) is 0. The molecular weight excluding hydrogens is 336 g/mol. The quantitative estimate of drug-likeness (QED) is 0.326. The molecule has 0 unspecified atom stereocenters. The molecule has 0 saturated carbocycles. The van der Waals surface area contributed by atoms with Crippen molar-refractivity contribution in [3.05, 3.63) is 118 Å². The minimum Gasteiger partial charge on any atom is -0.0617 e. The second-order valence-corrected chi connectivity index (χ2v) is 7.01. The van der Waals surface area contributed by atoms with E-state index in [1.165, 1.54) is 21.9 Å². The molecular formula is C28H20. The average molecular weight is 356 g/mol. The molecule has 0 aliphatic rings. The molecule has 0 radical (unpaired) electrons. The number of aryl methyl sites for hydroxylation is 2. The maximum absolute atomic E-state index is 3.26. The second kappa shape index (κ2) is 7.87. The van der Waals surface area contributed by atoms with Gasteiger partial charge in [0.2, 0.25) is 0 Å². The van der Waals surface area contributed by atoms with Crippen molar-refractivity contribution in [2.24, 2.45) is 0 Å². The zero-order valence-corrected chi connectivity index (χ0v) is 16.1. The molecule has 0 atom stereocenters. The van der Waals surface area contributed by atoms with Crippen LogP contribution in [-0.2, 0) is 0 Å². The molecule has 4 aromatic rings. The average Bonchev–Trinajstić information content (AvgIpc) is 2.72. The molecule has 0 N–H and O–H groups in total. The Kier molecular flexibility index (Phi) is 4.97. The molecule has 0 spiro atoms. The predicted octanol–water partition coefficient (Wildman–Crippen LogP) is 6.26. The van der Waals surface area contributed by atoms with Gasteiger partial charge in [-0.2, -0.15) is 0 Å². The highest BCUT2D eigenvalue weighted by molar-refractivity contribution is 5.84. The molecule has 4 aromatic carbocycles. The Bertz CT molecular complexity index is 1250. The molecule has 0 heteroatoms. The molecule has 0 aliphatic carbocycles. The summed E-state index contributed by atoms with van der Waals surface area (Å²) in [6.07, 6.45) is 0. The van der Waals surface area contributed by atoms with Crippen LogP contribution < -0.4 is 0 Å². The van der Waals surface area contributed by atoms with Gasteiger partial charge in [-0.25, -0.2) is 0 Å². The second-order valence-electron chi connectivity index (χ2n) is 7.01. The molecule has 0 fully saturated rings. The lowest BCUT2D eigenvalue weighted by atomic mass is 10.0. The van der Waals surface area contributed by atoms with Crippen molar-refractivity contribution >= 4 is 10.8 Å². The zero-order chi connectivity index (χ0) is 19.3. The van der Waals surface area contributed by atoms with Crippen molar-refractivity contribution in [2.45, 2.75) is 13.8 Å². The topological polar surface area (TPSA) is 0 Å². The van der Waals surface area contributed by atoms with E-state index in [1.54, 1.807) is 0 Å². The lowest BCUT2D eigenvalue weighted by Gasteiger charge is -2.00. The Morgan fingerprint density at radius 2 is 0.786 bits per heavy atom. The van der Waals surface area contributed by atoms with Crippen LogP contribution in [-0.4, -0.2) is 0 Å². The first-order valence-electron chi connectivity index (χ1n) is 9.37. The largest absolute Gasteiger partial charge is 0.0617 e. The van der Waals surface area contributed by atoms with E-state index in [0.717, 1.165) is 22.3 Å². The SMILES string of the molecule is Cc1ccc(C#Cc2ccc(C#Cc3ccc4cc(C)ccc4c3)cc2)cc1. The van der Waals surface area contributed by atoms with Gasteiger partial charge in [-0.15, -0.1) is 0 Å². The first-order valence-corrected chi connectivity index (χ1v) is 9.37. The monoisotopic (exact) mass is 356 g/mol. The Morgan fingerprint density at radius 1 is 0.393 bits per heavy atom. The fourth-order valence-electron chi connectivity index (χ4n) is 3.01. The first-order chi connectivity index (χ1) is 13.7. The van der Waals surface area contributed by atoms with E-state index >= 15 is 0 Å². The maximum atomic E-state index is 3.26. The number of fused-ring (bicyclic) bond motifs is 1. The van der Waals surface area contributed by atoms with Crippen LogP contribution in [0.3, 0.4) is 0 Å². The summed E-state index contributed by atoms with van der Waals surface area (Å²) in [4.78, 5) is 0. The Labute approximate surface area is 166 Å². The van der Waals surface area contributed by atoms with E-state index in [9.17, 15) is 0 Å². The Balaban J connectivity index is 1.51. The molecule has 4 rings (SSSR count). The van der Waals surface area contributed by atoms with Crippen LogP contribution in [0.15, 0.2) is 84.9 Å². The molecule has 0 heterocycles. The van der Waals surface area contributed by atoms with Crippen LogP contribution in [0.1, 0.15) is 33.4 Å². The fourth-order valence-corrected chi connectivity index (χ4v) is 3.01. The van der Waals surface area contributed by atoms with E-state index in [-0.39, 0.29) is 0 Å². The number of hydrogen-bond donors (Lipinski definition) is 0. The van der Waals surface area contributed by atoms with E-state index in [0.29, 0.717) is 0 Å². The highest BCUT2D eigenvalue weighted by atomic mass is 14.0. The van der Waals surface area contributed by atoms with Gasteiger partial charge in [-0.05, 0) is 73.2 Å². The Morgan fingerprint density at radius 3 is 1.39 bits per heavy atom. The molecule has 132 valence electrons. The van der Waals surface area contributed by atoms with Crippen molar-refractivity contribution in [1.29, 1.82) is 0 Å². The van der Waals surface area contributed by atoms with Crippen LogP contribution in [0.5, 0.6) is 0 Å². The van der Waals surface area contributed by atoms with Gasteiger partial charge < -0.3 is 0 Å². The predicted molar refractivity (Wildman–Crippen MR) is 118 cm³/mol. The molecule has 0 aromatic heterocycles. The van der Waals surface area contributed by atoms with E-state index in [1.807, 2.05) is 36.4 Å². The normalized spacial score (nSPS) is 9.93. The van der Waals surface area contributed by atoms with Gasteiger partial charge in [0.15, 0.2) is 0 Å². The van der Waals surface area contributed by atoms with Crippen LogP contribution >= 0.6 is 0 Å². The van der Waals surface area contributed by atoms with Crippen LogP contribution in [0.4, 0.5) is 0 Å². The van der Waals surface area contributed by atoms with Crippen molar-refractivity contribution in [1.82, 2.24) is 0 Å². The lowest BCUT2D eigenvalue weighted by molar-refractivity contribution is 1.46. The summed E-state index contributed by atoms with van der Waals surface area (Å²) in [5.41, 5.74) is 6.56. The van der Waals surface area contributed by atoms with E-state index < -0.39 is 0 Å². The molecule has 28 heavy (non-hydrogen) atoms. The van der Waals surface area contributed by atoms with Crippen LogP contribution in [0.2, 0.25) is 0 Å². The fraction of sp³-hybridized carbons (Fsp3) is 0.0714. The van der Waals surface area contributed by atoms with Crippen LogP contribution in [0, 0.1) is 37.5 Å². The highest BCUT2D eigenvalue weighted by Gasteiger charge is 1.95. The summed E-state index contributed by atoms with van der Waals surface area (Å²) in [5.74, 6) is 12.9. The maximum Gasteiger partial charge on any atom is 0.0255 e. The summed E-state index contributed by atoms with van der Waals surface area (Å²) < 4.78 is 0. The zero-order valence-electron chi connectivity index (χ0n) is 16.1. The molecule has 0 amide bonds. The van der Waals surface area contributed by atoms with Gasteiger partial charge in [0, 0.05) is 22.3 Å². The number of benzene rings is 4. The van der Waals surface area contributed by atoms with Crippen molar-refractivity contribution in [2.75, 3.05) is 0 Å². The summed E-state index contributed by atoms with van der Waals surface area (Å²) >= 11 is 0. The third kappa shape index (κ3) is 4.32. The Hall–Kier alpha value is -3.74. The van der Waals surface area contributed by atoms with Gasteiger partial charge in [0.1, 0.15) is 0 Å². The van der Waals surface area contributed by atoms with Crippen molar-refractivity contribution in [3.63, 3.8) is 0 Å². The standard InChI is InChI=1S/C28H20/c1-21-3-6-23(7-4-21)8-9-24-10-12-25(13-11-24)14-15-26-16-18-27-19-22(2)5-17-28(27)20-26/h3-7,10-13,16-20H,1-2H3. The van der Waals surface area contributed by atoms with Gasteiger partial charge in [-0.3, -0.25) is 0 Å². The van der Waals surface area contributed by atoms with E-state index in [4.69, 9.17) is 0 Å². The van der Waals surface area contributed by atoms with E-state index in [2.05, 4.69) is 86.1 Å². The van der Waals surface area contributed by atoms with Gasteiger partial charge in [0.25, 0.3) is 0 Å². The summed E-state index contributed by atoms with van der Waals surface area (Å²) in [6, 6.07) is 29.2.